The summed E-state index contributed by atoms with van der Waals surface area (Å²) in [5, 5.41) is 29.2. The number of aliphatic hydroxyl groups is 3. The Balaban J connectivity index is 1.81. The van der Waals surface area contributed by atoms with Crippen LogP contribution in [-0.4, -0.2) is 72.5 Å². The summed E-state index contributed by atoms with van der Waals surface area (Å²) in [4.78, 5) is 23.7. The van der Waals surface area contributed by atoms with Crippen molar-refractivity contribution in [2.45, 2.75) is 24.5 Å². The molecule has 0 radical (unpaired) electrons. The summed E-state index contributed by atoms with van der Waals surface area (Å²) in [6.45, 7) is 3.03. The molecular weight excluding hydrogens is 348 g/mol. The standard InChI is InChI=1S/C14H18N6O6/c1-2-3-25-14(24)19-18-11-8-12(16-5-15-11)20(6-17-8)13-10(23)9(22)7(4-21)26-13/h2,5-7,9-10,13,21-23H,1,3-4H2,(H,19,24)(H,15,16,18)/t7-,9-,10-,13-/m1/s1. The van der Waals surface area contributed by atoms with E-state index in [2.05, 4.69) is 32.4 Å². The third-order valence-corrected chi connectivity index (χ3v) is 3.77. The van der Waals surface area contributed by atoms with E-state index in [4.69, 9.17) is 9.47 Å². The number of carbonyl (C=O) groups excluding carboxylic acids is 1. The van der Waals surface area contributed by atoms with Crippen molar-refractivity contribution in [3.05, 3.63) is 25.3 Å². The zero-order valence-corrected chi connectivity index (χ0v) is 13.5. The number of nitrogens with zero attached hydrogens (tertiary/aromatic N) is 4. The SMILES string of the molecule is C=CCOC(=O)NNc1ncnc2c1ncn2[C@@H]1O[C@H](CO)[C@@H](O)[C@H]1O. The van der Waals surface area contributed by atoms with E-state index >= 15 is 0 Å². The Hall–Kier alpha value is -2.80. The second-order valence-electron chi connectivity index (χ2n) is 5.41. The molecule has 26 heavy (non-hydrogen) atoms. The van der Waals surface area contributed by atoms with Gasteiger partial charge in [-0.2, -0.15) is 0 Å². The minimum atomic E-state index is -1.28. The Labute approximate surface area is 147 Å². The number of rotatable bonds is 6. The zero-order valence-electron chi connectivity index (χ0n) is 13.5. The number of imidazole rings is 1. The molecule has 1 aliphatic heterocycles. The number of fused-ring (bicyclic) bond motifs is 1. The summed E-state index contributed by atoms with van der Waals surface area (Å²) in [5.41, 5.74) is 5.42. The van der Waals surface area contributed by atoms with Gasteiger partial charge in [-0.15, -0.1) is 0 Å². The highest BCUT2D eigenvalue weighted by atomic mass is 16.6. The van der Waals surface area contributed by atoms with Crippen LogP contribution in [0.25, 0.3) is 11.2 Å². The quantitative estimate of drug-likeness (QED) is 0.306. The van der Waals surface area contributed by atoms with E-state index in [0.29, 0.717) is 5.65 Å². The largest absolute Gasteiger partial charge is 0.444 e. The van der Waals surface area contributed by atoms with Crippen molar-refractivity contribution in [1.29, 1.82) is 0 Å². The third kappa shape index (κ3) is 3.30. The summed E-state index contributed by atoms with van der Waals surface area (Å²) >= 11 is 0. The van der Waals surface area contributed by atoms with E-state index in [1.54, 1.807) is 0 Å². The highest BCUT2D eigenvalue weighted by Gasteiger charge is 2.44. The van der Waals surface area contributed by atoms with Crippen LogP contribution in [0.1, 0.15) is 6.23 Å². The van der Waals surface area contributed by atoms with Gasteiger partial charge in [0.2, 0.25) is 0 Å². The smallest absolute Gasteiger partial charge is 0.426 e. The van der Waals surface area contributed by atoms with Gasteiger partial charge in [0.1, 0.15) is 31.2 Å². The molecule has 0 bridgehead atoms. The minimum Gasteiger partial charge on any atom is -0.444 e. The normalized spacial score (nSPS) is 25.2. The zero-order chi connectivity index (χ0) is 18.7. The Morgan fingerprint density at radius 1 is 1.38 bits per heavy atom. The number of aliphatic hydroxyl groups excluding tert-OH is 3. The third-order valence-electron chi connectivity index (χ3n) is 3.77. The van der Waals surface area contributed by atoms with Crippen molar-refractivity contribution < 1.29 is 29.6 Å². The Morgan fingerprint density at radius 2 is 2.19 bits per heavy atom. The van der Waals surface area contributed by atoms with Gasteiger partial charge in [0.25, 0.3) is 0 Å². The molecule has 0 aliphatic carbocycles. The van der Waals surface area contributed by atoms with Crippen molar-refractivity contribution in [3.63, 3.8) is 0 Å². The van der Waals surface area contributed by atoms with E-state index in [-0.39, 0.29) is 17.9 Å². The number of hydrogen-bond donors (Lipinski definition) is 5. The Bertz CT molecular complexity index is 797. The molecule has 1 amide bonds. The van der Waals surface area contributed by atoms with Gasteiger partial charge in [0.15, 0.2) is 23.2 Å². The van der Waals surface area contributed by atoms with Gasteiger partial charge in [0.05, 0.1) is 12.9 Å². The fraction of sp³-hybridized carbons (Fsp3) is 0.429. The topological polar surface area (TPSA) is 164 Å². The number of carbonyl (C=O) groups is 1. The molecule has 2 aromatic rings. The highest BCUT2D eigenvalue weighted by Crippen LogP contribution is 2.31. The number of nitrogens with one attached hydrogen (secondary N) is 2. The molecule has 1 saturated heterocycles. The molecule has 4 atom stereocenters. The monoisotopic (exact) mass is 366 g/mol. The van der Waals surface area contributed by atoms with E-state index in [1.807, 2.05) is 0 Å². The molecule has 1 fully saturated rings. The van der Waals surface area contributed by atoms with E-state index in [1.165, 1.54) is 23.3 Å². The van der Waals surface area contributed by atoms with Gasteiger partial charge in [-0.1, -0.05) is 12.7 Å². The van der Waals surface area contributed by atoms with Crippen LogP contribution in [0, 0.1) is 0 Å². The molecule has 3 rings (SSSR count). The van der Waals surface area contributed by atoms with Crippen LogP contribution < -0.4 is 10.9 Å². The molecule has 3 heterocycles. The van der Waals surface area contributed by atoms with E-state index in [0.717, 1.165) is 0 Å². The molecule has 0 spiro atoms. The first kappa shape index (κ1) is 18.0. The van der Waals surface area contributed by atoms with Crippen molar-refractivity contribution in [1.82, 2.24) is 24.9 Å². The number of ether oxygens (including phenoxy) is 2. The molecule has 1 aliphatic rings. The number of hydrazine groups is 1. The van der Waals surface area contributed by atoms with Gasteiger partial charge in [-0.25, -0.2) is 25.2 Å². The molecule has 0 aromatic carbocycles. The summed E-state index contributed by atoms with van der Waals surface area (Å²) in [7, 11) is 0. The summed E-state index contributed by atoms with van der Waals surface area (Å²) in [6, 6.07) is 0. The average molecular weight is 366 g/mol. The predicted molar refractivity (Wildman–Crippen MR) is 86.6 cm³/mol. The summed E-state index contributed by atoms with van der Waals surface area (Å²) < 4.78 is 11.6. The second kappa shape index (κ2) is 7.61. The van der Waals surface area contributed by atoms with Crippen LogP contribution in [0.5, 0.6) is 0 Å². The van der Waals surface area contributed by atoms with E-state index in [9.17, 15) is 20.1 Å². The maximum absolute atomic E-state index is 11.5. The maximum Gasteiger partial charge on any atom is 0.426 e. The van der Waals surface area contributed by atoms with Gasteiger partial charge < -0.3 is 24.8 Å². The molecule has 140 valence electrons. The average Bonchev–Trinajstić information content (AvgIpc) is 3.20. The number of anilines is 1. The predicted octanol–water partition coefficient (Wildman–Crippen LogP) is -1.32. The van der Waals surface area contributed by atoms with Crippen LogP contribution in [0.15, 0.2) is 25.3 Å². The van der Waals surface area contributed by atoms with Crippen molar-refractivity contribution in [2.24, 2.45) is 0 Å². The molecular formula is C14H18N6O6. The summed E-state index contributed by atoms with van der Waals surface area (Å²) in [6.07, 6.45) is -1.17. The lowest BCUT2D eigenvalue weighted by Gasteiger charge is -2.16. The first-order valence-corrected chi connectivity index (χ1v) is 7.66. The highest BCUT2D eigenvalue weighted by molar-refractivity contribution is 5.83. The molecule has 5 N–H and O–H groups in total. The van der Waals surface area contributed by atoms with Crippen LogP contribution in [0.4, 0.5) is 10.6 Å². The Morgan fingerprint density at radius 3 is 2.88 bits per heavy atom. The maximum atomic E-state index is 11.5. The summed E-state index contributed by atoms with van der Waals surface area (Å²) in [5.74, 6) is 0.191. The molecule has 0 unspecified atom stereocenters. The van der Waals surface area contributed by atoms with Gasteiger partial charge >= 0.3 is 6.09 Å². The number of hydrogen-bond acceptors (Lipinski definition) is 10. The fourth-order valence-corrected chi connectivity index (χ4v) is 2.52. The lowest BCUT2D eigenvalue weighted by atomic mass is 10.1. The van der Waals surface area contributed by atoms with Crippen molar-refractivity contribution >= 4 is 23.1 Å². The molecule has 12 heteroatoms. The van der Waals surface area contributed by atoms with Gasteiger partial charge in [0, 0.05) is 0 Å². The first-order chi connectivity index (χ1) is 12.6. The number of amides is 1. The second-order valence-corrected chi connectivity index (χ2v) is 5.41. The van der Waals surface area contributed by atoms with Crippen molar-refractivity contribution in [2.75, 3.05) is 18.6 Å². The fourth-order valence-electron chi connectivity index (χ4n) is 2.52. The van der Waals surface area contributed by atoms with Gasteiger partial charge in [-0.05, 0) is 0 Å². The molecule has 0 saturated carbocycles. The lowest BCUT2D eigenvalue weighted by molar-refractivity contribution is -0.0511. The molecule has 2 aromatic heterocycles. The van der Waals surface area contributed by atoms with E-state index < -0.39 is 37.2 Å². The van der Waals surface area contributed by atoms with Crippen LogP contribution in [0.2, 0.25) is 0 Å². The van der Waals surface area contributed by atoms with Crippen LogP contribution in [0.3, 0.4) is 0 Å². The first-order valence-electron chi connectivity index (χ1n) is 7.66. The Kier molecular flexibility index (Phi) is 5.27. The lowest BCUT2D eigenvalue weighted by Crippen LogP contribution is -2.33. The van der Waals surface area contributed by atoms with Gasteiger partial charge in [-0.3, -0.25) is 9.99 Å². The number of aromatic nitrogens is 4. The van der Waals surface area contributed by atoms with Crippen molar-refractivity contribution in [3.8, 4) is 0 Å². The molecule has 12 nitrogen and oxygen atoms in total. The van der Waals surface area contributed by atoms with Crippen LogP contribution in [-0.2, 0) is 9.47 Å². The van der Waals surface area contributed by atoms with Crippen LogP contribution >= 0.6 is 0 Å². The minimum absolute atomic E-state index is 0.0482.